The number of hydrogen-bond acceptors (Lipinski definition) is 4. The Balaban J connectivity index is 1.55. The van der Waals surface area contributed by atoms with E-state index in [0.29, 0.717) is 31.2 Å². The van der Waals surface area contributed by atoms with Crippen molar-refractivity contribution in [2.75, 3.05) is 13.1 Å². The smallest absolute Gasteiger partial charge is 0.266 e. The molecule has 0 aromatic carbocycles. The lowest BCUT2D eigenvalue weighted by Crippen LogP contribution is -2.38. The van der Waals surface area contributed by atoms with Crippen LogP contribution in [0, 0.1) is 5.92 Å². The van der Waals surface area contributed by atoms with Crippen molar-refractivity contribution >= 4 is 5.91 Å². The zero-order chi connectivity index (χ0) is 17.1. The molecule has 1 saturated heterocycles. The Morgan fingerprint density at radius 2 is 2.17 bits per heavy atom. The van der Waals surface area contributed by atoms with Crippen LogP contribution in [0.15, 0.2) is 27.7 Å². The minimum absolute atomic E-state index is 0.0544. The molecule has 24 heavy (non-hydrogen) atoms. The summed E-state index contributed by atoms with van der Waals surface area (Å²) in [4.78, 5) is 30.4. The van der Waals surface area contributed by atoms with Gasteiger partial charge in [0.05, 0.1) is 12.6 Å². The molecule has 2 aromatic rings. The topological polar surface area (TPSA) is 84.1 Å². The maximum absolute atomic E-state index is 12.5. The fraction of sp³-hybridized carbons (Fsp3) is 0.588. The lowest BCUT2D eigenvalue weighted by Gasteiger charge is -2.30. The van der Waals surface area contributed by atoms with E-state index in [1.807, 2.05) is 4.90 Å². The summed E-state index contributed by atoms with van der Waals surface area (Å²) in [5.74, 6) is 1.48. The Morgan fingerprint density at radius 1 is 1.42 bits per heavy atom. The van der Waals surface area contributed by atoms with Gasteiger partial charge < -0.3 is 9.32 Å². The molecule has 2 aromatic heterocycles. The Labute approximate surface area is 140 Å². The zero-order valence-electron chi connectivity index (χ0n) is 14.2. The summed E-state index contributed by atoms with van der Waals surface area (Å²) in [6.07, 6.45) is 5.20. The molecule has 0 saturated carbocycles. The molecular formula is C17H24N4O3. The number of carbonyl (C=O) groups is 1. The number of amides is 1. The minimum Gasteiger partial charge on any atom is -0.449 e. The number of aromatic nitrogens is 3. The average molecular weight is 332 g/mol. The Hall–Kier alpha value is -2.31. The van der Waals surface area contributed by atoms with E-state index < -0.39 is 0 Å². The van der Waals surface area contributed by atoms with E-state index in [1.165, 1.54) is 6.07 Å². The van der Waals surface area contributed by atoms with Crippen LogP contribution in [0.25, 0.3) is 0 Å². The molecule has 1 fully saturated rings. The van der Waals surface area contributed by atoms with E-state index in [1.54, 1.807) is 17.1 Å². The van der Waals surface area contributed by atoms with Gasteiger partial charge in [-0.2, -0.15) is 0 Å². The van der Waals surface area contributed by atoms with Crippen molar-refractivity contribution in [1.82, 2.24) is 19.7 Å². The zero-order valence-corrected chi connectivity index (χ0v) is 14.2. The summed E-state index contributed by atoms with van der Waals surface area (Å²) >= 11 is 0. The van der Waals surface area contributed by atoms with Gasteiger partial charge in [0.25, 0.3) is 5.56 Å². The molecule has 0 atom stereocenters. The summed E-state index contributed by atoms with van der Waals surface area (Å²) in [6, 6.07) is 1.53. The van der Waals surface area contributed by atoms with Crippen molar-refractivity contribution in [3.8, 4) is 0 Å². The molecule has 0 radical (unpaired) electrons. The highest BCUT2D eigenvalue weighted by molar-refractivity contribution is 5.78. The van der Waals surface area contributed by atoms with Gasteiger partial charge in [0.2, 0.25) is 5.91 Å². The standard InChI is InChI=1S/C17H24N4O3/c1-12(2)11-21-16(23)10-14(19-21)9-15(22)20-6-3-13(4-7-20)17-18-5-8-24-17/h5,8,10,12-13,19H,3-4,6-7,9,11H2,1-2H3. The predicted octanol–water partition coefficient (Wildman–Crippen LogP) is 1.77. The minimum atomic E-state index is -0.0749. The third kappa shape index (κ3) is 3.77. The molecule has 1 aliphatic heterocycles. The number of piperidine rings is 1. The second-order valence-electron chi connectivity index (χ2n) is 6.83. The first-order valence-corrected chi connectivity index (χ1v) is 8.49. The number of oxazole rings is 1. The van der Waals surface area contributed by atoms with Gasteiger partial charge in [-0.15, -0.1) is 0 Å². The van der Waals surface area contributed by atoms with Gasteiger partial charge in [-0.1, -0.05) is 13.8 Å². The quantitative estimate of drug-likeness (QED) is 0.904. The number of H-pyrrole nitrogens is 1. The van der Waals surface area contributed by atoms with E-state index in [0.717, 1.165) is 18.7 Å². The SMILES string of the molecule is CC(C)Cn1[nH]c(CC(=O)N2CCC(c3ncco3)CC2)cc1=O. The monoisotopic (exact) mass is 332 g/mol. The van der Waals surface area contributed by atoms with Crippen LogP contribution in [0.4, 0.5) is 0 Å². The third-order valence-electron chi connectivity index (χ3n) is 4.38. The molecule has 1 N–H and O–H groups in total. The number of likely N-dealkylation sites (tertiary alicyclic amines) is 1. The number of rotatable bonds is 5. The lowest BCUT2D eigenvalue weighted by atomic mass is 9.96. The summed E-state index contributed by atoms with van der Waals surface area (Å²) < 4.78 is 6.93. The predicted molar refractivity (Wildman–Crippen MR) is 88.7 cm³/mol. The van der Waals surface area contributed by atoms with Gasteiger partial charge in [-0.3, -0.25) is 19.4 Å². The van der Waals surface area contributed by atoms with E-state index in [9.17, 15) is 9.59 Å². The first-order valence-electron chi connectivity index (χ1n) is 8.49. The number of nitrogens with one attached hydrogen (secondary N) is 1. The first kappa shape index (κ1) is 16.5. The van der Waals surface area contributed by atoms with Crippen molar-refractivity contribution in [3.05, 3.63) is 40.5 Å². The molecule has 0 unspecified atom stereocenters. The van der Waals surface area contributed by atoms with Gasteiger partial charge in [0.1, 0.15) is 6.26 Å². The molecule has 1 aliphatic rings. The molecule has 7 nitrogen and oxygen atoms in total. The number of hydrogen-bond donors (Lipinski definition) is 1. The van der Waals surface area contributed by atoms with Crippen LogP contribution in [0.3, 0.4) is 0 Å². The van der Waals surface area contributed by atoms with Crippen LogP contribution in [0.5, 0.6) is 0 Å². The van der Waals surface area contributed by atoms with Gasteiger partial charge in [-0.25, -0.2) is 4.98 Å². The normalized spacial score (nSPS) is 16.0. The molecule has 0 spiro atoms. The van der Waals surface area contributed by atoms with Crippen molar-refractivity contribution < 1.29 is 9.21 Å². The Kier molecular flexibility index (Phi) is 4.87. The maximum atomic E-state index is 12.5. The molecular weight excluding hydrogens is 308 g/mol. The van der Waals surface area contributed by atoms with Crippen LogP contribution < -0.4 is 5.56 Å². The highest BCUT2D eigenvalue weighted by Gasteiger charge is 2.26. The second-order valence-corrected chi connectivity index (χ2v) is 6.83. The van der Waals surface area contributed by atoms with Crippen molar-refractivity contribution in [2.24, 2.45) is 5.92 Å². The first-order chi connectivity index (χ1) is 11.5. The molecule has 3 heterocycles. The van der Waals surface area contributed by atoms with Crippen LogP contribution in [-0.2, 0) is 17.8 Å². The highest BCUT2D eigenvalue weighted by Crippen LogP contribution is 2.26. The Bertz CT molecular complexity index is 721. The molecule has 1 amide bonds. The van der Waals surface area contributed by atoms with Crippen molar-refractivity contribution in [3.63, 3.8) is 0 Å². The van der Waals surface area contributed by atoms with E-state index in [-0.39, 0.29) is 23.8 Å². The van der Waals surface area contributed by atoms with Crippen LogP contribution in [0.1, 0.15) is 44.2 Å². The van der Waals surface area contributed by atoms with Crippen LogP contribution in [-0.4, -0.2) is 38.7 Å². The molecule has 7 heteroatoms. The largest absolute Gasteiger partial charge is 0.449 e. The second kappa shape index (κ2) is 7.07. The summed E-state index contributed by atoms with van der Waals surface area (Å²) in [7, 11) is 0. The van der Waals surface area contributed by atoms with Gasteiger partial charge >= 0.3 is 0 Å². The van der Waals surface area contributed by atoms with Gasteiger partial charge in [-0.05, 0) is 18.8 Å². The molecule has 130 valence electrons. The summed E-state index contributed by atoms with van der Waals surface area (Å²) in [5.41, 5.74) is 0.606. The van der Waals surface area contributed by atoms with E-state index in [2.05, 4.69) is 23.9 Å². The average Bonchev–Trinajstić information content (AvgIpc) is 3.18. The van der Waals surface area contributed by atoms with E-state index in [4.69, 9.17) is 4.42 Å². The lowest BCUT2D eigenvalue weighted by molar-refractivity contribution is -0.131. The number of aromatic amines is 1. The molecule has 3 rings (SSSR count). The highest BCUT2D eigenvalue weighted by atomic mass is 16.3. The summed E-state index contributed by atoms with van der Waals surface area (Å²) in [5, 5.41) is 3.05. The van der Waals surface area contributed by atoms with Gasteiger partial charge in [0, 0.05) is 37.3 Å². The maximum Gasteiger partial charge on any atom is 0.266 e. The van der Waals surface area contributed by atoms with Crippen LogP contribution in [0.2, 0.25) is 0 Å². The van der Waals surface area contributed by atoms with Crippen LogP contribution >= 0.6 is 0 Å². The molecule has 0 aliphatic carbocycles. The summed E-state index contributed by atoms with van der Waals surface area (Å²) in [6.45, 7) is 6.13. The van der Waals surface area contributed by atoms with E-state index >= 15 is 0 Å². The van der Waals surface area contributed by atoms with Crippen molar-refractivity contribution in [2.45, 2.75) is 45.6 Å². The van der Waals surface area contributed by atoms with Crippen molar-refractivity contribution in [1.29, 1.82) is 0 Å². The third-order valence-corrected chi connectivity index (χ3v) is 4.38. The fourth-order valence-electron chi connectivity index (χ4n) is 3.17. The molecule has 0 bridgehead atoms. The fourth-order valence-corrected chi connectivity index (χ4v) is 3.17. The number of nitrogens with zero attached hydrogens (tertiary/aromatic N) is 3. The Morgan fingerprint density at radius 3 is 2.79 bits per heavy atom. The number of carbonyl (C=O) groups excluding carboxylic acids is 1. The van der Waals surface area contributed by atoms with Gasteiger partial charge in [0.15, 0.2) is 5.89 Å².